The number of hydrogen-bond acceptors (Lipinski definition) is 4. The number of nitrogens with zero attached hydrogens (tertiary/aromatic N) is 1. The second-order valence-electron chi connectivity index (χ2n) is 6.53. The minimum atomic E-state index is -3.93. The van der Waals surface area contributed by atoms with E-state index in [0.29, 0.717) is 23.9 Å². The predicted octanol–water partition coefficient (Wildman–Crippen LogP) is 3.05. The van der Waals surface area contributed by atoms with E-state index in [2.05, 4.69) is 19.2 Å². The maximum absolute atomic E-state index is 13.2. The molecule has 0 bridgehead atoms. The molecule has 7 heteroatoms. The van der Waals surface area contributed by atoms with Gasteiger partial charge in [-0.25, -0.2) is 8.42 Å². The zero-order valence-electron chi connectivity index (χ0n) is 15.9. The highest BCUT2D eigenvalue weighted by Gasteiger charge is 2.29. The lowest BCUT2D eigenvalue weighted by atomic mass is 10.1. The molecule has 2 aromatic rings. The standard InChI is InChI=1S/C20H26N2O4S/c1-16(2)13-14-21-20(23)15-22(18-11-7-8-12-19(18)26-3)27(24,25)17-9-5-4-6-10-17/h4-12,16H,13-15H2,1-3H3,(H,21,23). The number of amides is 1. The second kappa shape index (κ2) is 9.41. The van der Waals surface area contributed by atoms with Crippen molar-refractivity contribution in [3.05, 3.63) is 54.6 Å². The summed E-state index contributed by atoms with van der Waals surface area (Å²) in [6.45, 7) is 4.30. The Kier molecular flexibility index (Phi) is 7.24. The number of anilines is 1. The number of methoxy groups -OCH3 is 1. The van der Waals surface area contributed by atoms with Gasteiger partial charge in [-0.2, -0.15) is 0 Å². The van der Waals surface area contributed by atoms with Crippen molar-refractivity contribution < 1.29 is 17.9 Å². The van der Waals surface area contributed by atoms with Gasteiger partial charge in [0.05, 0.1) is 17.7 Å². The van der Waals surface area contributed by atoms with E-state index in [9.17, 15) is 13.2 Å². The van der Waals surface area contributed by atoms with Gasteiger partial charge < -0.3 is 10.1 Å². The van der Waals surface area contributed by atoms with Crippen molar-refractivity contribution in [2.75, 3.05) is 24.5 Å². The van der Waals surface area contributed by atoms with Crippen molar-refractivity contribution >= 4 is 21.6 Å². The van der Waals surface area contributed by atoms with Crippen molar-refractivity contribution in [1.29, 1.82) is 0 Å². The second-order valence-corrected chi connectivity index (χ2v) is 8.39. The molecule has 2 aromatic carbocycles. The summed E-state index contributed by atoms with van der Waals surface area (Å²) in [4.78, 5) is 12.5. The number of hydrogen-bond donors (Lipinski definition) is 1. The number of carbonyl (C=O) groups is 1. The van der Waals surface area contributed by atoms with E-state index in [1.807, 2.05) is 0 Å². The minimum absolute atomic E-state index is 0.117. The molecule has 1 N–H and O–H groups in total. The Morgan fingerprint density at radius 2 is 1.70 bits per heavy atom. The topological polar surface area (TPSA) is 75.7 Å². The average Bonchev–Trinajstić information content (AvgIpc) is 2.66. The van der Waals surface area contributed by atoms with E-state index >= 15 is 0 Å². The molecule has 0 fully saturated rings. The van der Waals surface area contributed by atoms with Crippen LogP contribution < -0.4 is 14.4 Å². The van der Waals surface area contributed by atoms with Gasteiger partial charge in [0, 0.05) is 6.54 Å². The van der Waals surface area contributed by atoms with Gasteiger partial charge in [-0.15, -0.1) is 0 Å². The summed E-state index contributed by atoms with van der Waals surface area (Å²) < 4.78 is 32.8. The Bertz CT molecular complexity index is 851. The van der Waals surface area contributed by atoms with Gasteiger partial charge in [-0.3, -0.25) is 9.10 Å². The van der Waals surface area contributed by atoms with E-state index < -0.39 is 10.0 Å². The van der Waals surface area contributed by atoms with Gasteiger partial charge in [0.15, 0.2) is 0 Å². The molecule has 0 saturated carbocycles. The van der Waals surface area contributed by atoms with Gasteiger partial charge in [0.2, 0.25) is 5.91 Å². The van der Waals surface area contributed by atoms with Gasteiger partial charge >= 0.3 is 0 Å². The molecule has 0 unspecified atom stereocenters. The van der Waals surface area contributed by atoms with Crippen LogP contribution in [0.25, 0.3) is 0 Å². The number of carbonyl (C=O) groups excluding carboxylic acids is 1. The van der Waals surface area contributed by atoms with E-state index in [1.165, 1.54) is 19.2 Å². The Labute approximate surface area is 161 Å². The normalized spacial score (nSPS) is 11.3. The molecule has 0 aliphatic rings. The lowest BCUT2D eigenvalue weighted by Gasteiger charge is -2.25. The average molecular weight is 391 g/mol. The van der Waals surface area contributed by atoms with Crippen LogP contribution in [-0.2, 0) is 14.8 Å². The summed E-state index contributed by atoms with van der Waals surface area (Å²) in [5.41, 5.74) is 0.322. The van der Waals surface area contributed by atoms with Crippen LogP contribution in [0.3, 0.4) is 0 Å². The molecule has 0 heterocycles. The summed E-state index contributed by atoms with van der Waals surface area (Å²) in [5, 5.41) is 2.79. The first-order chi connectivity index (χ1) is 12.9. The third-order valence-corrected chi connectivity index (χ3v) is 5.79. The van der Waals surface area contributed by atoms with Crippen LogP contribution in [0.15, 0.2) is 59.5 Å². The molecule has 0 aromatic heterocycles. The summed E-state index contributed by atoms with van der Waals surface area (Å²) in [6, 6.07) is 14.8. The fourth-order valence-corrected chi connectivity index (χ4v) is 3.99. The lowest BCUT2D eigenvalue weighted by Crippen LogP contribution is -2.41. The van der Waals surface area contributed by atoms with Crippen molar-refractivity contribution in [2.24, 2.45) is 5.92 Å². The fraction of sp³-hybridized carbons (Fsp3) is 0.350. The molecule has 1 amide bonds. The molecule has 6 nitrogen and oxygen atoms in total. The highest BCUT2D eigenvalue weighted by Crippen LogP contribution is 2.31. The monoisotopic (exact) mass is 390 g/mol. The van der Waals surface area contributed by atoms with Crippen molar-refractivity contribution in [2.45, 2.75) is 25.2 Å². The smallest absolute Gasteiger partial charge is 0.264 e. The number of sulfonamides is 1. The van der Waals surface area contributed by atoms with Crippen LogP contribution in [0.2, 0.25) is 0 Å². The first kappa shape index (κ1) is 20.8. The summed E-state index contributed by atoms with van der Waals surface area (Å²) in [5.74, 6) is 0.469. The maximum atomic E-state index is 13.2. The van der Waals surface area contributed by atoms with E-state index in [4.69, 9.17) is 4.74 Å². The van der Waals surface area contributed by atoms with Crippen LogP contribution in [0.5, 0.6) is 5.75 Å². The highest BCUT2D eigenvalue weighted by atomic mass is 32.2. The van der Waals surface area contributed by atoms with Crippen molar-refractivity contribution in [3.63, 3.8) is 0 Å². The molecule has 2 rings (SSSR count). The quantitative estimate of drug-likeness (QED) is 0.714. The lowest BCUT2D eigenvalue weighted by molar-refractivity contribution is -0.119. The first-order valence-electron chi connectivity index (χ1n) is 8.83. The fourth-order valence-electron chi connectivity index (χ4n) is 2.54. The first-order valence-corrected chi connectivity index (χ1v) is 10.3. The zero-order chi connectivity index (χ0) is 19.9. The van der Waals surface area contributed by atoms with Crippen molar-refractivity contribution in [1.82, 2.24) is 5.32 Å². The Hall–Kier alpha value is -2.54. The van der Waals surface area contributed by atoms with Crippen LogP contribution in [-0.4, -0.2) is 34.5 Å². The third-order valence-electron chi connectivity index (χ3n) is 4.02. The van der Waals surface area contributed by atoms with Crippen LogP contribution >= 0.6 is 0 Å². The molecule has 0 atom stereocenters. The molecule has 146 valence electrons. The van der Waals surface area contributed by atoms with E-state index in [-0.39, 0.29) is 17.3 Å². The number of nitrogens with one attached hydrogen (secondary N) is 1. The summed E-state index contributed by atoms with van der Waals surface area (Å²) in [7, 11) is -2.46. The SMILES string of the molecule is COc1ccccc1N(CC(=O)NCCC(C)C)S(=O)(=O)c1ccccc1. The van der Waals surface area contributed by atoms with Gasteiger partial charge in [0.1, 0.15) is 12.3 Å². The Balaban J connectivity index is 2.36. The van der Waals surface area contributed by atoms with Gasteiger partial charge in [-0.05, 0) is 36.6 Å². The summed E-state index contributed by atoms with van der Waals surface area (Å²) in [6.07, 6.45) is 0.825. The Morgan fingerprint density at radius 3 is 2.33 bits per heavy atom. The van der Waals surface area contributed by atoms with E-state index in [1.54, 1.807) is 42.5 Å². The minimum Gasteiger partial charge on any atom is -0.495 e. The zero-order valence-corrected chi connectivity index (χ0v) is 16.7. The molecular weight excluding hydrogens is 364 g/mol. The number of benzene rings is 2. The molecule has 27 heavy (non-hydrogen) atoms. The highest BCUT2D eigenvalue weighted by molar-refractivity contribution is 7.92. The molecular formula is C20H26N2O4S. The van der Waals surface area contributed by atoms with E-state index in [0.717, 1.165) is 10.7 Å². The van der Waals surface area contributed by atoms with Gasteiger partial charge in [0.25, 0.3) is 10.0 Å². The predicted molar refractivity (Wildman–Crippen MR) is 106 cm³/mol. The molecule has 0 aliphatic heterocycles. The van der Waals surface area contributed by atoms with Crippen LogP contribution in [0, 0.1) is 5.92 Å². The summed E-state index contributed by atoms with van der Waals surface area (Å²) >= 11 is 0. The maximum Gasteiger partial charge on any atom is 0.264 e. The van der Waals surface area contributed by atoms with Gasteiger partial charge in [-0.1, -0.05) is 44.2 Å². The number of rotatable bonds is 9. The molecule has 0 aliphatic carbocycles. The molecule has 0 spiro atoms. The molecule has 0 saturated heterocycles. The Morgan fingerprint density at radius 1 is 1.07 bits per heavy atom. The number of ether oxygens (including phenoxy) is 1. The largest absolute Gasteiger partial charge is 0.495 e. The van der Waals surface area contributed by atoms with Crippen LogP contribution in [0.1, 0.15) is 20.3 Å². The van der Waals surface area contributed by atoms with Crippen LogP contribution in [0.4, 0.5) is 5.69 Å². The third kappa shape index (κ3) is 5.47. The van der Waals surface area contributed by atoms with Crippen molar-refractivity contribution in [3.8, 4) is 5.75 Å². The number of para-hydroxylation sites is 2. The molecule has 0 radical (unpaired) electrons.